The van der Waals surface area contributed by atoms with Gasteiger partial charge in [-0.3, -0.25) is 0 Å². The third-order valence-electron chi connectivity index (χ3n) is 4.50. The van der Waals surface area contributed by atoms with Crippen LogP contribution in [-0.4, -0.2) is 48.2 Å². The van der Waals surface area contributed by atoms with Crippen molar-refractivity contribution in [1.29, 1.82) is 0 Å². The number of fused-ring (bicyclic) bond motifs is 1. The highest BCUT2D eigenvalue weighted by atomic mass is 16.7. The first-order valence-corrected chi connectivity index (χ1v) is 7.78. The lowest BCUT2D eigenvalue weighted by Gasteiger charge is -2.34. The topological polar surface area (TPSA) is 72.7 Å². The number of hydrogen-bond acceptors (Lipinski definition) is 4. The number of carbonyl (C=O) groups is 1. The molecule has 2 heterocycles. The maximum Gasteiger partial charge on any atom is 0.338 e. The van der Waals surface area contributed by atoms with Crippen LogP contribution in [0.4, 0.5) is 0 Å². The van der Waals surface area contributed by atoms with E-state index in [0.29, 0.717) is 24.5 Å². The molecule has 1 saturated heterocycles. The Balaban J connectivity index is 1.99. The summed E-state index contributed by atoms with van der Waals surface area (Å²) in [6.07, 6.45) is -0.393. The second kappa shape index (κ2) is 6.31. The summed E-state index contributed by atoms with van der Waals surface area (Å²) in [5, 5.41) is 13.4. The number of carboxylic acids is 1. The molecular weight excluding hydrogens is 296 g/mol. The van der Waals surface area contributed by atoms with Gasteiger partial charge in [0.2, 0.25) is 0 Å². The zero-order chi connectivity index (χ0) is 16.6. The van der Waals surface area contributed by atoms with Crippen molar-refractivity contribution < 1.29 is 19.4 Å². The maximum absolute atomic E-state index is 11.6. The Morgan fingerprint density at radius 2 is 2.00 bits per heavy atom. The van der Waals surface area contributed by atoms with Gasteiger partial charge in [-0.2, -0.15) is 0 Å². The summed E-state index contributed by atoms with van der Waals surface area (Å²) in [7, 11) is 1.88. The molecule has 6 nitrogen and oxygen atoms in total. The van der Waals surface area contributed by atoms with Gasteiger partial charge in [0.15, 0.2) is 6.29 Å². The third kappa shape index (κ3) is 2.73. The number of nitrogens with one attached hydrogen (secondary N) is 1. The summed E-state index contributed by atoms with van der Waals surface area (Å²) >= 11 is 0. The Kier molecular flexibility index (Phi) is 4.39. The average Bonchev–Trinajstić information content (AvgIpc) is 2.86. The number of likely N-dealkylation sites (N-methyl/N-ethyl adjacent to an activating group) is 1. The van der Waals surface area contributed by atoms with Gasteiger partial charge in [-0.05, 0) is 27.0 Å². The Hall–Kier alpha value is -1.89. The first kappa shape index (κ1) is 16.0. The van der Waals surface area contributed by atoms with Crippen LogP contribution in [0, 0.1) is 6.92 Å². The van der Waals surface area contributed by atoms with Crippen molar-refractivity contribution in [1.82, 2.24) is 9.88 Å². The van der Waals surface area contributed by atoms with Gasteiger partial charge in [0.05, 0.1) is 30.9 Å². The number of benzene rings is 1. The first-order valence-electron chi connectivity index (χ1n) is 7.78. The van der Waals surface area contributed by atoms with E-state index in [0.717, 1.165) is 10.9 Å². The van der Waals surface area contributed by atoms with E-state index in [1.165, 1.54) is 0 Å². The molecule has 1 aromatic carbocycles. The van der Waals surface area contributed by atoms with Gasteiger partial charge in [0.1, 0.15) is 0 Å². The molecule has 0 spiro atoms. The van der Waals surface area contributed by atoms with Gasteiger partial charge >= 0.3 is 5.97 Å². The van der Waals surface area contributed by atoms with Crippen LogP contribution in [0.2, 0.25) is 0 Å². The van der Waals surface area contributed by atoms with Gasteiger partial charge in [0, 0.05) is 16.6 Å². The lowest BCUT2D eigenvalue weighted by atomic mass is 10.1. The van der Waals surface area contributed by atoms with Crippen molar-refractivity contribution in [3.05, 3.63) is 35.5 Å². The molecule has 23 heavy (non-hydrogen) atoms. The summed E-state index contributed by atoms with van der Waals surface area (Å²) in [4.78, 5) is 11.6. The molecule has 2 N–H and O–H groups in total. The predicted molar refractivity (Wildman–Crippen MR) is 86.9 cm³/mol. The minimum absolute atomic E-state index is 0.120. The standard InChI is InChI=1S/C17H22N2O4/c1-10-15(16(20)21)13-6-4-5-7-14(13)19(10)11(2)17-22-8-12(18-3)9-23-17/h4-7,11-12,17-18H,8-9H2,1-3H3,(H,20,21). The molecule has 1 aliphatic rings. The average molecular weight is 318 g/mol. The van der Waals surface area contributed by atoms with Crippen molar-refractivity contribution in [3.8, 4) is 0 Å². The molecule has 124 valence electrons. The zero-order valence-electron chi connectivity index (χ0n) is 13.6. The Labute approximate surface area is 135 Å². The number of para-hydroxylation sites is 1. The fraction of sp³-hybridized carbons (Fsp3) is 0.471. The fourth-order valence-corrected chi connectivity index (χ4v) is 3.27. The highest BCUT2D eigenvalue weighted by Gasteiger charge is 2.30. The lowest BCUT2D eigenvalue weighted by Crippen LogP contribution is -2.45. The van der Waals surface area contributed by atoms with Crippen molar-refractivity contribution in [2.45, 2.75) is 32.2 Å². The Morgan fingerprint density at radius 1 is 1.35 bits per heavy atom. The van der Waals surface area contributed by atoms with Crippen LogP contribution < -0.4 is 5.32 Å². The van der Waals surface area contributed by atoms with Gasteiger partial charge in [-0.15, -0.1) is 0 Å². The molecule has 0 saturated carbocycles. The molecular formula is C17H22N2O4. The number of rotatable bonds is 4. The molecule has 3 rings (SSSR count). The van der Waals surface area contributed by atoms with Crippen LogP contribution in [0.5, 0.6) is 0 Å². The molecule has 1 atom stereocenters. The number of nitrogens with zero attached hydrogens (tertiary/aromatic N) is 1. The summed E-state index contributed by atoms with van der Waals surface area (Å²) < 4.78 is 13.6. The highest BCUT2D eigenvalue weighted by Crippen LogP contribution is 2.31. The van der Waals surface area contributed by atoms with Gasteiger partial charge in [0.25, 0.3) is 0 Å². The lowest BCUT2D eigenvalue weighted by molar-refractivity contribution is -0.207. The van der Waals surface area contributed by atoms with E-state index >= 15 is 0 Å². The second-order valence-electron chi connectivity index (χ2n) is 5.91. The smallest absolute Gasteiger partial charge is 0.338 e. The van der Waals surface area contributed by atoms with E-state index in [4.69, 9.17) is 9.47 Å². The summed E-state index contributed by atoms with van der Waals surface area (Å²) in [6.45, 7) is 4.99. The third-order valence-corrected chi connectivity index (χ3v) is 4.50. The minimum atomic E-state index is -0.912. The first-order chi connectivity index (χ1) is 11.0. The van der Waals surface area contributed by atoms with E-state index in [1.807, 2.05) is 49.7 Å². The molecule has 1 unspecified atom stereocenters. The quantitative estimate of drug-likeness (QED) is 0.904. The summed E-state index contributed by atoms with van der Waals surface area (Å²) in [6, 6.07) is 7.62. The van der Waals surface area contributed by atoms with Crippen LogP contribution in [0.3, 0.4) is 0 Å². The van der Waals surface area contributed by atoms with E-state index in [-0.39, 0.29) is 12.1 Å². The van der Waals surface area contributed by atoms with Crippen molar-refractivity contribution >= 4 is 16.9 Å². The second-order valence-corrected chi connectivity index (χ2v) is 5.91. The summed E-state index contributed by atoms with van der Waals surface area (Å²) in [5.41, 5.74) is 1.95. The van der Waals surface area contributed by atoms with Crippen molar-refractivity contribution in [2.75, 3.05) is 20.3 Å². The number of aromatic nitrogens is 1. The zero-order valence-corrected chi connectivity index (χ0v) is 13.6. The molecule has 1 fully saturated rings. The van der Waals surface area contributed by atoms with Crippen LogP contribution in [0.1, 0.15) is 29.0 Å². The van der Waals surface area contributed by atoms with Crippen LogP contribution in [-0.2, 0) is 9.47 Å². The molecule has 1 aliphatic heterocycles. The number of carboxylic acid groups (broad SMARTS) is 1. The van der Waals surface area contributed by atoms with Crippen molar-refractivity contribution in [2.24, 2.45) is 0 Å². The number of aromatic carboxylic acids is 1. The monoisotopic (exact) mass is 318 g/mol. The molecule has 1 aromatic heterocycles. The Bertz CT molecular complexity index is 717. The molecule has 0 aliphatic carbocycles. The normalized spacial score (nSPS) is 23.1. The Morgan fingerprint density at radius 3 is 2.61 bits per heavy atom. The molecule has 0 radical (unpaired) electrons. The van der Waals surface area contributed by atoms with E-state index < -0.39 is 12.3 Å². The number of hydrogen-bond donors (Lipinski definition) is 2. The van der Waals surface area contributed by atoms with E-state index in [1.54, 1.807) is 0 Å². The van der Waals surface area contributed by atoms with Crippen LogP contribution >= 0.6 is 0 Å². The largest absolute Gasteiger partial charge is 0.478 e. The van der Waals surface area contributed by atoms with Gasteiger partial charge in [-0.25, -0.2) is 4.79 Å². The van der Waals surface area contributed by atoms with Gasteiger partial charge in [-0.1, -0.05) is 18.2 Å². The molecule has 2 aromatic rings. The van der Waals surface area contributed by atoms with Crippen LogP contribution in [0.25, 0.3) is 10.9 Å². The van der Waals surface area contributed by atoms with Crippen molar-refractivity contribution in [3.63, 3.8) is 0 Å². The maximum atomic E-state index is 11.6. The molecule has 6 heteroatoms. The number of ether oxygens (including phenoxy) is 2. The predicted octanol–water partition coefficient (Wildman–Crippen LogP) is 2.17. The SMILES string of the molecule is CNC1COC(C(C)n2c(C)c(C(=O)O)c3ccccc32)OC1. The summed E-state index contributed by atoms with van der Waals surface area (Å²) in [5.74, 6) is -0.912. The van der Waals surface area contributed by atoms with E-state index in [2.05, 4.69) is 5.32 Å². The highest BCUT2D eigenvalue weighted by molar-refractivity contribution is 6.05. The molecule has 0 bridgehead atoms. The minimum Gasteiger partial charge on any atom is -0.478 e. The van der Waals surface area contributed by atoms with Crippen LogP contribution in [0.15, 0.2) is 24.3 Å². The molecule has 0 amide bonds. The fourth-order valence-electron chi connectivity index (χ4n) is 3.27. The van der Waals surface area contributed by atoms with Gasteiger partial charge < -0.3 is 24.5 Å². The van der Waals surface area contributed by atoms with E-state index in [9.17, 15) is 9.90 Å².